The molecule has 138 valence electrons. The Hall–Kier alpha value is -2.34. The van der Waals surface area contributed by atoms with Crippen molar-refractivity contribution in [1.82, 2.24) is 4.98 Å². The normalized spacial score (nSPS) is 15.2. The maximum atomic E-state index is 11.8. The zero-order valence-corrected chi connectivity index (χ0v) is 15.6. The molecule has 1 N–H and O–H groups in total. The molecular weight excluding hydrogens is 354 g/mol. The van der Waals surface area contributed by atoms with Crippen molar-refractivity contribution in [3.8, 4) is 16.9 Å². The summed E-state index contributed by atoms with van der Waals surface area (Å²) < 4.78 is 5.16. The number of nitro groups is 1. The van der Waals surface area contributed by atoms with Gasteiger partial charge in [0, 0.05) is 17.8 Å². The number of halogens is 1. The first-order valence-corrected chi connectivity index (χ1v) is 9.16. The SMILES string of the molecule is CCC(Nc1nccc(-c2ccc(OC)cc2Cl)c1[N+](=O)[O-])C1CCC1. The number of nitrogens with one attached hydrogen (secondary N) is 1. The summed E-state index contributed by atoms with van der Waals surface area (Å²) in [6.07, 6.45) is 6.02. The average molecular weight is 376 g/mol. The molecular formula is C19H22ClN3O3. The predicted molar refractivity (Wildman–Crippen MR) is 103 cm³/mol. The minimum Gasteiger partial charge on any atom is -0.497 e. The third-order valence-corrected chi connectivity index (χ3v) is 5.37. The van der Waals surface area contributed by atoms with Gasteiger partial charge >= 0.3 is 5.69 Å². The first-order valence-electron chi connectivity index (χ1n) is 8.79. The minimum absolute atomic E-state index is 0.0441. The number of benzene rings is 1. The number of anilines is 1. The van der Waals surface area contributed by atoms with Gasteiger partial charge in [-0.25, -0.2) is 4.98 Å². The van der Waals surface area contributed by atoms with Crippen LogP contribution in [0.5, 0.6) is 5.75 Å². The quantitative estimate of drug-likeness (QED) is 0.524. The van der Waals surface area contributed by atoms with Crippen LogP contribution in [-0.2, 0) is 0 Å². The molecule has 6 nitrogen and oxygen atoms in total. The van der Waals surface area contributed by atoms with Gasteiger partial charge < -0.3 is 10.1 Å². The third-order valence-electron chi connectivity index (χ3n) is 5.05. The molecule has 1 aliphatic carbocycles. The molecule has 1 aromatic heterocycles. The molecule has 1 aromatic carbocycles. The zero-order valence-electron chi connectivity index (χ0n) is 14.9. The first kappa shape index (κ1) is 18.5. The monoisotopic (exact) mass is 375 g/mol. The minimum atomic E-state index is -0.390. The molecule has 0 bridgehead atoms. The number of ether oxygens (including phenoxy) is 1. The van der Waals surface area contributed by atoms with Crippen molar-refractivity contribution < 1.29 is 9.66 Å². The van der Waals surface area contributed by atoms with Crippen LogP contribution in [0, 0.1) is 16.0 Å². The van der Waals surface area contributed by atoms with Gasteiger partial charge in [-0.2, -0.15) is 0 Å². The van der Waals surface area contributed by atoms with Crippen molar-refractivity contribution in [2.45, 2.75) is 38.6 Å². The van der Waals surface area contributed by atoms with Gasteiger partial charge in [0.05, 0.1) is 22.6 Å². The standard InChI is InChI=1S/C19H22ClN3O3/c1-3-17(12-5-4-6-12)22-19-18(23(24)25)15(9-10-21-19)14-8-7-13(26-2)11-16(14)20/h7-12,17H,3-6H2,1-2H3,(H,21,22). The molecule has 0 aliphatic heterocycles. The largest absolute Gasteiger partial charge is 0.497 e. The number of pyridine rings is 1. The van der Waals surface area contributed by atoms with Crippen LogP contribution >= 0.6 is 11.6 Å². The van der Waals surface area contributed by atoms with Crippen LogP contribution in [0.1, 0.15) is 32.6 Å². The van der Waals surface area contributed by atoms with Crippen LogP contribution in [0.25, 0.3) is 11.1 Å². The van der Waals surface area contributed by atoms with Crippen LogP contribution < -0.4 is 10.1 Å². The first-order chi connectivity index (χ1) is 12.5. The molecule has 0 amide bonds. The Balaban J connectivity index is 2.02. The Morgan fingerprint density at radius 1 is 1.38 bits per heavy atom. The van der Waals surface area contributed by atoms with E-state index in [0.29, 0.717) is 33.6 Å². The molecule has 1 unspecified atom stereocenters. The second kappa shape index (κ2) is 7.91. The van der Waals surface area contributed by atoms with E-state index in [9.17, 15) is 10.1 Å². The number of methoxy groups -OCH3 is 1. The zero-order chi connectivity index (χ0) is 18.7. The second-order valence-corrected chi connectivity index (χ2v) is 6.92. The maximum absolute atomic E-state index is 11.8. The van der Waals surface area contributed by atoms with Crippen molar-refractivity contribution in [3.05, 3.63) is 45.6 Å². The Morgan fingerprint density at radius 2 is 2.15 bits per heavy atom. The molecule has 26 heavy (non-hydrogen) atoms. The Morgan fingerprint density at radius 3 is 2.69 bits per heavy atom. The van der Waals surface area contributed by atoms with Gasteiger partial charge in [-0.1, -0.05) is 24.9 Å². The average Bonchev–Trinajstić information content (AvgIpc) is 2.59. The molecule has 7 heteroatoms. The molecule has 1 aliphatic rings. The number of aromatic nitrogens is 1. The molecule has 0 spiro atoms. The van der Waals surface area contributed by atoms with Crippen LogP contribution in [0.2, 0.25) is 5.02 Å². The van der Waals surface area contributed by atoms with Crippen molar-refractivity contribution in [2.24, 2.45) is 5.92 Å². The van der Waals surface area contributed by atoms with Gasteiger partial charge in [0.2, 0.25) is 5.82 Å². The van der Waals surface area contributed by atoms with Gasteiger partial charge in [-0.15, -0.1) is 0 Å². The summed E-state index contributed by atoms with van der Waals surface area (Å²) >= 11 is 6.34. The summed E-state index contributed by atoms with van der Waals surface area (Å²) in [5.41, 5.74) is 0.988. The van der Waals surface area contributed by atoms with E-state index in [1.165, 1.54) is 6.42 Å². The number of nitrogens with zero attached hydrogens (tertiary/aromatic N) is 2. The molecule has 0 saturated heterocycles. The van der Waals surface area contributed by atoms with Gasteiger partial charge in [0.1, 0.15) is 5.75 Å². The fourth-order valence-corrected chi connectivity index (χ4v) is 3.65. The highest BCUT2D eigenvalue weighted by molar-refractivity contribution is 6.33. The van der Waals surface area contributed by atoms with Crippen LogP contribution in [0.3, 0.4) is 0 Å². The highest BCUT2D eigenvalue weighted by atomic mass is 35.5. The third kappa shape index (κ3) is 3.60. The smallest absolute Gasteiger partial charge is 0.319 e. The number of rotatable bonds is 7. The fraction of sp³-hybridized carbons (Fsp3) is 0.421. The lowest BCUT2D eigenvalue weighted by molar-refractivity contribution is -0.383. The Kier molecular flexibility index (Phi) is 5.61. The molecule has 3 rings (SSSR count). The summed E-state index contributed by atoms with van der Waals surface area (Å²) in [6.45, 7) is 2.09. The van der Waals surface area contributed by atoms with Crippen molar-refractivity contribution in [3.63, 3.8) is 0 Å². The predicted octanol–water partition coefficient (Wildman–Crippen LogP) is 5.31. The summed E-state index contributed by atoms with van der Waals surface area (Å²) in [4.78, 5) is 15.7. The van der Waals surface area contributed by atoms with E-state index in [0.717, 1.165) is 19.3 Å². The number of hydrogen-bond acceptors (Lipinski definition) is 5. The van der Waals surface area contributed by atoms with Crippen LogP contribution in [0.15, 0.2) is 30.5 Å². The lowest BCUT2D eigenvalue weighted by atomic mass is 9.79. The van der Waals surface area contributed by atoms with E-state index in [-0.39, 0.29) is 11.7 Å². The van der Waals surface area contributed by atoms with E-state index in [1.807, 2.05) is 0 Å². The van der Waals surface area contributed by atoms with Crippen molar-refractivity contribution >= 4 is 23.1 Å². The molecule has 2 aromatic rings. The lowest BCUT2D eigenvalue weighted by Crippen LogP contribution is -2.33. The highest BCUT2D eigenvalue weighted by Gasteiger charge is 2.30. The van der Waals surface area contributed by atoms with Gasteiger partial charge in [0.25, 0.3) is 0 Å². The van der Waals surface area contributed by atoms with E-state index < -0.39 is 4.92 Å². The van der Waals surface area contributed by atoms with Crippen molar-refractivity contribution in [2.75, 3.05) is 12.4 Å². The molecule has 0 radical (unpaired) electrons. The number of hydrogen-bond donors (Lipinski definition) is 1. The van der Waals surface area contributed by atoms with E-state index in [1.54, 1.807) is 37.6 Å². The molecule has 1 atom stereocenters. The summed E-state index contributed by atoms with van der Waals surface area (Å²) in [5, 5.41) is 15.5. The van der Waals surface area contributed by atoms with Gasteiger partial charge in [0.15, 0.2) is 0 Å². The topological polar surface area (TPSA) is 77.3 Å². The van der Waals surface area contributed by atoms with E-state index in [2.05, 4.69) is 17.2 Å². The summed E-state index contributed by atoms with van der Waals surface area (Å²) in [7, 11) is 1.55. The highest BCUT2D eigenvalue weighted by Crippen LogP contribution is 2.41. The van der Waals surface area contributed by atoms with E-state index in [4.69, 9.17) is 16.3 Å². The van der Waals surface area contributed by atoms with Gasteiger partial charge in [-0.05, 0) is 49.4 Å². The Bertz CT molecular complexity index is 809. The molecule has 1 heterocycles. The van der Waals surface area contributed by atoms with Crippen molar-refractivity contribution in [1.29, 1.82) is 0 Å². The van der Waals surface area contributed by atoms with Gasteiger partial charge in [-0.3, -0.25) is 10.1 Å². The fourth-order valence-electron chi connectivity index (χ4n) is 3.37. The Labute approximate surface area is 157 Å². The summed E-state index contributed by atoms with van der Waals surface area (Å²) in [5.74, 6) is 1.46. The van der Waals surface area contributed by atoms with Crippen LogP contribution in [0.4, 0.5) is 11.5 Å². The molecule has 1 fully saturated rings. The van der Waals surface area contributed by atoms with Crippen LogP contribution in [-0.4, -0.2) is 23.1 Å². The lowest BCUT2D eigenvalue weighted by Gasteiger charge is -2.34. The second-order valence-electron chi connectivity index (χ2n) is 6.51. The molecule has 1 saturated carbocycles. The maximum Gasteiger partial charge on any atom is 0.319 e. The summed E-state index contributed by atoms with van der Waals surface area (Å²) in [6, 6.07) is 6.94. The van der Waals surface area contributed by atoms with E-state index >= 15 is 0 Å².